The Balaban J connectivity index is 1.92. The van der Waals surface area contributed by atoms with Gasteiger partial charge in [-0.1, -0.05) is 24.3 Å². The van der Waals surface area contributed by atoms with Crippen LogP contribution in [0.2, 0.25) is 0 Å². The van der Waals surface area contributed by atoms with Gasteiger partial charge in [0.25, 0.3) is 0 Å². The molecule has 0 atom stereocenters. The average Bonchev–Trinajstić information content (AvgIpc) is 2.41. The van der Waals surface area contributed by atoms with Crippen LogP contribution >= 0.6 is 0 Å². The summed E-state index contributed by atoms with van der Waals surface area (Å²) >= 11 is 0. The number of nitrogens with two attached hydrogens (primary N) is 1. The van der Waals surface area contributed by atoms with E-state index < -0.39 is 0 Å². The van der Waals surface area contributed by atoms with Gasteiger partial charge in [0.15, 0.2) is 5.78 Å². The van der Waals surface area contributed by atoms with Crippen molar-refractivity contribution >= 4 is 5.78 Å². The lowest BCUT2D eigenvalue weighted by atomic mass is 10.1. The van der Waals surface area contributed by atoms with Crippen molar-refractivity contribution in [3.8, 4) is 0 Å². The largest absolute Gasteiger partial charge is 0.330 e. The summed E-state index contributed by atoms with van der Waals surface area (Å²) in [5.74, 6) is 0.131. The number of hydrogen-bond acceptors (Lipinski definition) is 4. The van der Waals surface area contributed by atoms with Crippen molar-refractivity contribution in [3.05, 3.63) is 35.4 Å². The van der Waals surface area contributed by atoms with E-state index in [4.69, 9.17) is 5.73 Å². The van der Waals surface area contributed by atoms with Crippen molar-refractivity contribution in [2.45, 2.75) is 13.0 Å². The molecule has 1 saturated heterocycles. The SMILES string of the molecule is NCCC(=O)c1ccc(CN2CCNCC2)cc1. The first-order valence-electron chi connectivity index (χ1n) is 6.55. The second-order valence-electron chi connectivity index (χ2n) is 4.68. The van der Waals surface area contributed by atoms with Crippen LogP contribution in [-0.4, -0.2) is 43.4 Å². The third kappa shape index (κ3) is 3.63. The van der Waals surface area contributed by atoms with Gasteiger partial charge in [-0.25, -0.2) is 0 Å². The molecule has 1 aliphatic rings. The second-order valence-corrected chi connectivity index (χ2v) is 4.68. The van der Waals surface area contributed by atoms with E-state index in [1.54, 1.807) is 0 Å². The molecule has 1 fully saturated rings. The molecular weight excluding hydrogens is 226 g/mol. The Kier molecular flexibility index (Phi) is 4.87. The molecule has 4 nitrogen and oxygen atoms in total. The van der Waals surface area contributed by atoms with Gasteiger partial charge in [-0.05, 0) is 12.1 Å². The maximum absolute atomic E-state index is 11.6. The molecule has 0 bridgehead atoms. The van der Waals surface area contributed by atoms with Crippen LogP contribution in [-0.2, 0) is 6.54 Å². The summed E-state index contributed by atoms with van der Waals surface area (Å²) in [6.07, 6.45) is 0.428. The fraction of sp³-hybridized carbons (Fsp3) is 0.500. The number of carbonyl (C=O) groups is 1. The molecule has 1 aromatic rings. The van der Waals surface area contributed by atoms with E-state index in [0.29, 0.717) is 13.0 Å². The predicted octanol–water partition coefficient (Wildman–Crippen LogP) is 0.623. The zero-order valence-corrected chi connectivity index (χ0v) is 10.7. The minimum absolute atomic E-state index is 0.131. The Bertz CT molecular complexity index is 383. The molecule has 2 rings (SSSR count). The van der Waals surface area contributed by atoms with Gasteiger partial charge in [0.05, 0.1) is 0 Å². The third-order valence-corrected chi connectivity index (χ3v) is 3.26. The van der Waals surface area contributed by atoms with Gasteiger partial charge in [0.1, 0.15) is 0 Å². The Morgan fingerprint density at radius 3 is 2.50 bits per heavy atom. The molecule has 0 aromatic heterocycles. The molecule has 0 unspecified atom stereocenters. The summed E-state index contributed by atoms with van der Waals surface area (Å²) in [4.78, 5) is 14.1. The molecule has 4 heteroatoms. The van der Waals surface area contributed by atoms with Gasteiger partial charge >= 0.3 is 0 Å². The summed E-state index contributed by atoms with van der Waals surface area (Å²) in [5.41, 5.74) is 7.42. The van der Waals surface area contributed by atoms with Crippen LogP contribution in [0, 0.1) is 0 Å². The zero-order chi connectivity index (χ0) is 12.8. The van der Waals surface area contributed by atoms with Crippen molar-refractivity contribution in [3.63, 3.8) is 0 Å². The quantitative estimate of drug-likeness (QED) is 0.749. The normalized spacial score (nSPS) is 16.7. The highest BCUT2D eigenvalue weighted by atomic mass is 16.1. The van der Waals surface area contributed by atoms with E-state index in [0.717, 1.165) is 38.3 Å². The van der Waals surface area contributed by atoms with Crippen molar-refractivity contribution in [2.24, 2.45) is 5.73 Å². The predicted molar refractivity (Wildman–Crippen MR) is 72.6 cm³/mol. The fourth-order valence-electron chi connectivity index (χ4n) is 2.20. The molecule has 0 saturated carbocycles. The number of carbonyl (C=O) groups excluding carboxylic acids is 1. The summed E-state index contributed by atoms with van der Waals surface area (Å²) < 4.78 is 0. The lowest BCUT2D eigenvalue weighted by Crippen LogP contribution is -2.42. The topological polar surface area (TPSA) is 58.4 Å². The molecule has 18 heavy (non-hydrogen) atoms. The van der Waals surface area contributed by atoms with Crippen LogP contribution in [0.1, 0.15) is 22.3 Å². The van der Waals surface area contributed by atoms with Crippen molar-refractivity contribution < 1.29 is 4.79 Å². The number of piperazine rings is 1. The molecule has 1 aromatic carbocycles. The molecule has 98 valence electrons. The molecule has 1 aliphatic heterocycles. The highest BCUT2D eigenvalue weighted by Gasteiger charge is 2.10. The number of hydrogen-bond donors (Lipinski definition) is 2. The van der Waals surface area contributed by atoms with Crippen LogP contribution in [0.5, 0.6) is 0 Å². The van der Waals surface area contributed by atoms with Gasteiger partial charge in [-0.3, -0.25) is 9.69 Å². The Morgan fingerprint density at radius 1 is 1.22 bits per heavy atom. The Morgan fingerprint density at radius 2 is 1.89 bits per heavy atom. The minimum atomic E-state index is 0.131. The summed E-state index contributed by atoms with van der Waals surface area (Å²) in [6.45, 7) is 5.69. The second kappa shape index (κ2) is 6.64. The molecule has 0 aliphatic carbocycles. The van der Waals surface area contributed by atoms with Gasteiger partial charge in [-0.15, -0.1) is 0 Å². The van der Waals surface area contributed by atoms with Gasteiger partial charge < -0.3 is 11.1 Å². The van der Waals surface area contributed by atoms with Crippen molar-refractivity contribution in [2.75, 3.05) is 32.7 Å². The third-order valence-electron chi connectivity index (χ3n) is 3.26. The number of nitrogens with zero attached hydrogens (tertiary/aromatic N) is 1. The molecule has 0 spiro atoms. The first-order chi connectivity index (χ1) is 8.79. The van der Waals surface area contributed by atoms with E-state index >= 15 is 0 Å². The molecule has 0 amide bonds. The van der Waals surface area contributed by atoms with Crippen LogP contribution in [0.4, 0.5) is 0 Å². The van der Waals surface area contributed by atoms with Gasteiger partial charge in [0.2, 0.25) is 0 Å². The molecule has 0 radical (unpaired) electrons. The number of nitrogens with one attached hydrogen (secondary N) is 1. The van der Waals surface area contributed by atoms with Gasteiger partial charge in [-0.2, -0.15) is 0 Å². The number of Topliss-reactive ketones (excluding diaryl/α,β-unsaturated/α-hetero) is 1. The van der Waals surface area contributed by atoms with Crippen LogP contribution in [0.3, 0.4) is 0 Å². The highest BCUT2D eigenvalue weighted by molar-refractivity contribution is 5.96. The van der Waals surface area contributed by atoms with Crippen molar-refractivity contribution in [1.82, 2.24) is 10.2 Å². The van der Waals surface area contributed by atoms with Crippen LogP contribution < -0.4 is 11.1 Å². The number of rotatable bonds is 5. The lowest BCUT2D eigenvalue weighted by Gasteiger charge is -2.27. The van der Waals surface area contributed by atoms with Crippen LogP contribution in [0.25, 0.3) is 0 Å². The Labute approximate surface area is 108 Å². The van der Waals surface area contributed by atoms with E-state index in [9.17, 15) is 4.79 Å². The van der Waals surface area contributed by atoms with E-state index in [2.05, 4.69) is 10.2 Å². The molecule has 3 N–H and O–H groups in total. The van der Waals surface area contributed by atoms with E-state index in [-0.39, 0.29) is 5.78 Å². The van der Waals surface area contributed by atoms with Crippen molar-refractivity contribution in [1.29, 1.82) is 0 Å². The summed E-state index contributed by atoms with van der Waals surface area (Å²) in [7, 11) is 0. The first kappa shape index (κ1) is 13.2. The van der Waals surface area contributed by atoms with Crippen LogP contribution in [0.15, 0.2) is 24.3 Å². The average molecular weight is 247 g/mol. The van der Waals surface area contributed by atoms with E-state index in [1.807, 2.05) is 24.3 Å². The lowest BCUT2D eigenvalue weighted by molar-refractivity contribution is 0.0985. The summed E-state index contributed by atoms with van der Waals surface area (Å²) in [5, 5.41) is 3.34. The zero-order valence-electron chi connectivity index (χ0n) is 10.7. The minimum Gasteiger partial charge on any atom is -0.330 e. The molecular formula is C14H21N3O. The number of benzene rings is 1. The Hall–Kier alpha value is -1.23. The monoisotopic (exact) mass is 247 g/mol. The first-order valence-corrected chi connectivity index (χ1v) is 6.55. The van der Waals surface area contributed by atoms with E-state index in [1.165, 1.54) is 5.56 Å². The fourth-order valence-corrected chi connectivity index (χ4v) is 2.20. The smallest absolute Gasteiger partial charge is 0.164 e. The highest BCUT2D eigenvalue weighted by Crippen LogP contribution is 2.09. The molecule has 1 heterocycles. The maximum Gasteiger partial charge on any atom is 0.164 e. The van der Waals surface area contributed by atoms with Gasteiger partial charge in [0, 0.05) is 44.7 Å². The number of ketones is 1. The summed E-state index contributed by atoms with van der Waals surface area (Å²) in [6, 6.07) is 7.92. The maximum atomic E-state index is 11.6. The standard InChI is InChI=1S/C14H21N3O/c15-6-5-14(18)13-3-1-12(2-4-13)11-17-9-7-16-8-10-17/h1-4,16H,5-11,15H2.